The average molecular weight is 243 g/mol. The van der Waals surface area contributed by atoms with Gasteiger partial charge in [-0.15, -0.1) is 0 Å². The van der Waals surface area contributed by atoms with Crippen molar-refractivity contribution in [2.75, 3.05) is 24.5 Å². The second-order valence-electron chi connectivity index (χ2n) is 5.32. The van der Waals surface area contributed by atoms with Crippen molar-refractivity contribution in [2.45, 2.75) is 26.3 Å². The lowest BCUT2D eigenvalue weighted by molar-refractivity contribution is 0.509. The van der Waals surface area contributed by atoms with Gasteiger partial charge in [0.15, 0.2) is 0 Å². The second-order valence-corrected chi connectivity index (χ2v) is 5.32. The molecule has 1 aliphatic heterocycles. The quantitative estimate of drug-likeness (QED) is 0.866. The molecule has 0 amide bonds. The molecule has 0 aromatic heterocycles. The van der Waals surface area contributed by atoms with Gasteiger partial charge >= 0.3 is 0 Å². The second kappa shape index (κ2) is 5.88. The van der Waals surface area contributed by atoms with E-state index in [2.05, 4.69) is 54.4 Å². The van der Waals surface area contributed by atoms with Crippen LogP contribution in [0.5, 0.6) is 0 Å². The summed E-state index contributed by atoms with van der Waals surface area (Å²) in [6.45, 7) is 7.34. The molecule has 18 heavy (non-hydrogen) atoms. The number of nitriles is 1. The number of nitrogens with one attached hydrogen (secondary N) is 1. The average Bonchev–Trinajstić information content (AvgIpc) is 2.52. The van der Waals surface area contributed by atoms with Gasteiger partial charge in [-0.05, 0) is 37.1 Å². The molecule has 0 spiro atoms. The van der Waals surface area contributed by atoms with E-state index in [-0.39, 0.29) is 6.04 Å². The van der Waals surface area contributed by atoms with Gasteiger partial charge in [-0.1, -0.05) is 19.1 Å². The van der Waals surface area contributed by atoms with Gasteiger partial charge < -0.3 is 10.2 Å². The van der Waals surface area contributed by atoms with Gasteiger partial charge in [0.25, 0.3) is 0 Å². The van der Waals surface area contributed by atoms with Gasteiger partial charge in [-0.2, -0.15) is 5.26 Å². The molecule has 1 aliphatic rings. The van der Waals surface area contributed by atoms with Crippen molar-refractivity contribution >= 4 is 5.69 Å². The largest absolute Gasteiger partial charge is 0.370 e. The summed E-state index contributed by atoms with van der Waals surface area (Å²) in [5, 5.41) is 12.4. The molecule has 3 heteroatoms. The van der Waals surface area contributed by atoms with Gasteiger partial charge in [0.2, 0.25) is 0 Å². The van der Waals surface area contributed by atoms with Crippen molar-refractivity contribution in [2.24, 2.45) is 5.92 Å². The standard InChI is InChI=1S/C15H21N3/c1-12-4-3-5-15(8-12)18-10-13(2)9-17-14(11-18)6-7-16/h3-5,8,13-14,17H,6,9-11H2,1-2H3. The molecule has 1 aromatic rings. The molecule has 1 N–H and O–H groups in total. The molecule has 0 radical (unpaired) electrons. The van der Waals surface area contributed by atoms with E-state index in [0.29, 0.717) is 12.3 Å². The fourth-order valence-corrected chi connectivity index (χ4v) is 2.50. The molecule has 3 nitrogen and oxygen atoms in total. The zero-order valence-electron chi connectivity index (χ0n) is 11.2. The number of aryl methyl sites for hydroxylation is 1. The van der Waals surface area contributed by atoms with E-state index in [4.69, 9.17) is 5.26 Å². The van der Waals surface area contributed by atoms with Crippen LogP contribution in [0.25, 0.3) is 0 Å². The first-order valence-corrected chi connectivity index (χ1v) is 6.61. The minimum absolute atomic E-state index is 0.278. The lowest BCUT2D eigenvalue weighted by Gasteiger charge is -2.27. The fraction of sp³-hybridized carbons (Fsp3) is 0.533. The van der Waals surface area contributed by atoms with Crippen LogP contribution in [-0.2, 0) is 0 Å². The highest BCUT2D eigenvalue weighted by Gasteiger charge is 2.21. The number of rotatable bonds is 2. The van der Waals surface area contributed by atoms with Crippen molar-refractivity contribution in [1.82, 2.24) is 5.32 Å². The van der Waals surface area contributed by atoms with Gasteiger partial charge in [0, 0.05) is 24.8 Å². The Bertz CT molecular complexity index is 436. The van der Waals surface area contributed by atoms with Crippen LogP contribution < -0.4 is 10.2 Å². The van der Waals surface area contributed by atoms with E-state index in [0.717, 1.165) is 19.6 Å². The highest BCUT2D eigenvalue weighted by atomic mass is 15.2. The summed E-state index contributed by atoms with van der Waals surface area (Å²) >= 11 is 0. The predicted molar refractivity (Wildman–Crippen MR) is 74.6 cm³/mol. The molecule has 1 heterocycles. The molecular formula is C15H21N3. The van der Waals surface area contributed by atoms with Crippen LogP contribution in [0.1, 0.15) is 18.9 Å². The zero-order chi connectivity index (χ0) is 13.0. The Hall–Kier alpha value is -1.53. The number of hydrogen-bond acceptors (Lipinski definition) is 3. The lowest BCUT2D eigenvalue weighted by Crippen LogP contribution is -2.37. The molecule has 2 unspecified atom stereocenters. The van der Waals surface area contributed by atoms with Crippen LogP contribution in [0.15, 0.2) is 24.3 Å². The highest BCUT2D eigenvalue weighted by molar-refractivity contribution is 5.48. The highest BCUT2D eigenvalue weighted by Crippen LogP contribution is 2.19. The van der Waals surface area contributed by atoms with Crippen LogP contribution in [-0.4, -0.2) is 25.7 Å². The molecule has 96 valence electrons. The van der Waals surface area contributed by atoms with Crippen molar-refractivity contribution in [3.05, 3.63) is 29.8 Å². The summed E-state index contributed by atoms with van der Waals surface area (Å²) in [4.78, 5) is 2.40. The van der Waals surface area contributed by atoms with Crippen molar-refractivity contribution in [1.29, 1.82) is 5.26 Å². The van der Waals surface area contributed by atoms with Crippen molar-refractivity contribution in [3.63, 3.8) is 0 Å². The first kappa shape index (κ1) is 12.9. The topological polar surface area (TPSA) is 39.1 Å². The zero-order valence-corrected chi connectivity index (χ0v) is 11.2. The van der Waals surface area contributed by atoms with Crippen LogP contribution >= 0.6 is 0 Å². The summed E-state index contributed by atoms with van der Waals surface area (Å²) in [7, 11) is 0. The normalized spacial score (nSPS) is 24.4. The van der Waals surface area contributed by atoms with Gasteiger partial charge in [-0.3, -0.25) is 0 Å². The van der Waals surface area contributed by atoms with Crippen LogP contribution in [0.3, 0.4) is 0 Å². The molecule has 0 saturated carbocycles. The van der Waals surface area contributed by atoms with E-state index in [1.807, 2.05) is 0 Å². The van der Waals surface area contributed by atoms with E-state index in [1.54, 1.807) is 0 Å². The number of hydrogen-bond donors (Lipinski definition) is 1. The lowest BCUT2D eigenvalue weighted by atomic mass is 10.1. The number of nitrogens with zero attached hydrogens (tertiary/aromatic N) is 2. The smallest absolute Gasteiger partial charge is 0.0638 e. The molecule has 1 fully saturated rings. The van der Waals surface area contributed by atoms with Crippen LogP contribution in [0, 0.1) is 24.2 Å². The molecule has 0 aliphatic carbocycles. The van der Waals surface area contributed by atoms with Crippen LogP contribution in [0.4, 0.5) is 5.69 Å². The SMILES string of the molecule is Cc1cccc(N2CC(C)CNC(CC#N)C2)c1. The van der Waals surface area contributed by atoms with Gasteiger partial charge in [0.05, 0.1) is 12.5 Å². The maximum absolute atomic E-state index is 8.87. The maximum Gasteiger partial charge on any atom is 0.0638 e. The Kier molecular flexibility index (Phi) is 4.22. The van der Waals surface area contributed by atoms with E-state index < -0.39 is 0 Å². The van der Waals surface area contributed by atoms with E-state index in [9.17, 15) is 0 Å². The third kappa shape index (κ3) is 3.24. The third-order valence-corrected chi connectivity index (χ3v) is 3.43. The van der Waals surface area contributed by atoms with Gasteiger partial charge in [0.1, 0.15) is 0 Å². The molecule has 1 aromatic carbocycles. The monoisotopic (exact) mass is 243 g/mol. The summed E-state index contributed by atoms with van der Waals surface area (Å²) in [5.74, 6) is 0.606. The first-order chi connectivity index (χ1) is 8.69. The Balaban J connectivity index is 2.16. The molecule has 2 rings (SSSR count). The summed E-state index contributed by atoms with van der Waals surface area (Å²) < 4.78 is 0. The van der Waals surface area contributed by atoms with E-state index >= 15 is 0 Å². The first-order valence-electron chi connectivity index (χ1n) is 6.61. The van der Waals surface area contributed by atoms with Gasteiger partial charge in [-0.25, -0.2) is 0 Å². The predicted octanol–water partition coefficient (Wildman–Crippen LogP) is 2.32. The fourth-order valence-electron chi connectivity index (χ4n) is 2.50. The maximum atomic E-state index is 8.87. The minimum atomic E-state index is 0.278. The third-order valence-electron chi connectivity index (χ3n) is 3.43. The van der Waals surface area contributed by atoms with Crippen molar-refractivity contribution < 1.29 is 0 Å². The molecule has 1 saturated heterocycles. The summed E-state index contributed by atoms with van der Waals surface area (Å²) in [6, 6.07) is 11.2. The van der Waals surface area contributed by atoms with Crippen LogP contribution in [0.2, 0.25) is 0 Å². The Labute approximate surface area is 109 Å². The van der Waals surface area contributed by atoms with Crippen molar-refractivity contribution in [3.8, 4) is 6.07 Å². The van der Waals surface area contributed by atoms with E-state index in [1.165, 1.54) is 11.3 Å². The summed E-state index contributed by atoms with van der Waals surface area (Å²) in [5.41, 5.74) is 2.56. The molecular weight excluding hydrogens is 222 g/mol. The Morgan fingerprint density at radius 2 is 2.28 bits per heavy atom. The Morgan fingerprint density at radius 1 is 1.44 bits per heavy atom. The number of benzene rings is 1. The minimum Gasteiger partial charge on any atom is -0.370 e. The molecule has 2 atom stereocenters. The molecule has 0 bridgehead atoms. The summed E-state index contributed by atoms with van der Waals surface area (Å²) in [6.07, 6.45) is 0.578. The number of anilines is 1. The Morgan fingerprint density at radius 3 is 3.00 bits per heavy atom.